The highest BCUT2D eigenvalue weighted by Gasteiger charge is 2.13. The molecular formula is C14H21N3O. The second kappa shape index (κ2) is 5.76. The van der Waals surface area contributed by atoms with Crippen molar-refractivity contribution in [2.45, 2.75) is 45.1 Å². The fourth-order valence-corrected chi connectivity index (χ4v) is 2.49. The maximum Gasteiger partial charge on any atom is 0.141 e. The molecular weight excluding hydrogens is 226 g/mol. The van der Waals surface area contributed by atoms with E-state index in [1.54, 1.807) is 0 Å². The van der Waals surface area contributed by atoms with E-state index in [-0.39, 0.29) is 11.9 Å². The van der Waals surface area contributed by atoms with Gasteiger partial charge in [-0.05, 0) is 48.9 Å². The van der Waals surface area contributed by atoms with E-state index in [9.17, 15) is 0 Å². The van der Waals surface area contributed by atoms with Crippen molar-refractivity contribution in [1.82, 2.24) is 0 Å². The van der Waals surface area contributed by atoms with E-state index in [0.29, 0.717) is 6.42 Å². The van der Waals surface area contributed by atoms with Crippen LogP contribution in [0.15, 0.2) is 23.4 Å². The van der Waals surface area contributed by atoms with Crippen LogP contribution in [0.5, 0.6) is 0 Å². The standard InChI is InChI=1S/C14H21N3O/c1-2-12(9-14(15)17-18)16-13-7-6-10-4-3-5-11(10)8-13/h6-8,12,16,18H,2-5,9H2,1H3,(H2,15,17). The summed E-state index contributed by atoms with van der Waals surface area (Å²) in [6, 6.07) is 6.78. The molecule has 1 aromatic carbocycles. The predicted molar refractivity (Wildman–Crippen MR) is 74.2 cm³/mol. The molecule has 4 nitrogen and oxygen atoms in total. The van der Waals surface area contributed by atoms with Gasteiger partial charge in [0.25, 0.3) is 0 Å². The number of benzene rings is 1. The van der Waals surface area contributed by atoms with Crippen LogP contribution in [-0.4, -0.2) is 17.1 Å². The van der Waals surface area contributed by atoms with Crippen molar-refractivity contribution in [1.29, 1.82) is 0 Å². The van der Waals surface area contributed by atoms with Crippen molar-refractivity contribution >= 4 is 11.5 Å². The number of nitrogens with two attached hydrogens (primary N) is 1. The summed E-state index contributed by atoms with van der Waals surface area (Å²) in [5.41, 5.74) is 9.62. The molecule has 1 unspecified atom stereocenters. The molecule has 1 atom stereocenters. The van der Waals surface area contributed by atoms with E-state index in [2.05, 4.69) is 35.6 Å². The molecule has 0 saturated carbocycles. The van der Waals surface area contributed by atoms with Gasteiger partial charge in [-0.15, -0.1) is 0 Å². The van der Waals surface area contributed by atoms with Gasteiger partial charge in [0.1, 0.15) is 5.84 Å². The molecule has 1 aliphatic carbocycles. The maximum atomic E-state index is 8.61. The van der Waals surface area contributed by atoms with Crippen LogP contribution in [0.25, 0.3) is 0 Å². The Kier molecular flexibility index (Phi) is 4.07. The van der Waals surface area contributed by atoms with Crippen LogP contribution >= 0.6 is 0 Å². The Balaban J connectivity index is 2.03. The molecule has 0 saturated heterocycles. The van der Waals surface area contributed by atoms with Gasteiger partial charge >= 0.3 is 0 Å². The second-order valence-corrected chi connectivity index (χ2v) is 4.88. The molecule has 2 rings (SSSR count). The van der Waals surface area contributed by atoms with Crippen molar-refractivity contribution in [2.75, 3.05) is 5.32 Å². The molecule has 98 valence electrons. The van der Waals surface area contributed by atoms with Crippen LogP contribution in [0.2, 0.25) is 0 Å². The van der Waals surface area contributed by atoms with Crippen LogP contribution in [-0.2, 0) is 12.8 Å². The van der Waals surface area contributed by atoms with Crippen LogP contribution in [0, 0.1) is 0 Å². The van der Waals surface area contributed by atoms with Gasteiger partial charge in [0.05, 0.1) is 0 Å². The highest BCUT2D eigenvalue weighted by molar-refractivity contribution is 5.80. The van der Waals surface area contributed by atoms with Crippen molar-refractivity contribution in [3.05, 3.63) is 29.3 Å². The van der Waals surface area contributed by atoms with E-state index in [1.807, 2.05) is 0 Å². The summed E-state index contributed by atoms with van der Waals surface area (Å²) in [6.07, 6.45) is 5.15. The number of nitrogens with zero attached hydrogens (tertiary/aromatic N) is 1. The summed E-state index contributed by atoms with van der Waals surface area (Å²) < 4.78 is 0. The molecule has 1 aliphatic rings. The van der Waals surface area contributed by atoms with E-state index < -0.39 is 0 Å². The Bertz CT molecular complexity index is 443. The number of rotatable bonds is 5. The van der Waals surface area contributed by atoms with E-state index in [4.69, 9.17) is 10.9 Å². The lowest BCUT2D eigenvalue weighted by Crippen LogP contribution is -2.26. The average Bonchev–Trinajstić information content (AvgIpc) is 2.85. The minimum atomic E-state index is 0.209. The minimum absolute atomic E-state index is 0.209. The summed E-state index contributed by atoms with van der Waals surface area (Å²) in [6.45, 7) is 2.09. The highest BCUT2D eigenvalue weighted by Crippen LogP contribution is 2.25. The Morgan fingerprint density at radius 3 is 2.94 bits per heavy atom. The molecule has 0 fully saturated rings. The number of hydrogen-bond acceptors (Lipinski definition) is 3. The van der Waals surface area contributed by atoms with Gasteiger partial charge < -0.3 is 16.3 Å². The first-order chi connectivity index (χ1) is 8.72. The molecule has 0 aliphatic heterocycles. The van der Waals surface area contributed by atoms with Crippen molar-refractivity contribution < 1.29 is 5.21 Å². The molecule has 18 heavy (non-hydrogen) atoms. The Labute approximate surface area is 108 Å². The lowest BCUT2D eigenvalue weighted by molar-refractivity contribution is 0.316. The normalized spacial score (nSPS) is 16.4. The number of anilines is 1. The fraction of sp³-hybridized carbons (Fsp3) is 0.500. The highest BCUT2D eigenvalue weighted by atomic mass is 16.4. The lowest BCUT2D eigenvalue weighted by atomic mass is 10.1. The SMILES string of the molecule is CCC(CC(N)=NO)Nc1ccc2c(c1)CCC2. The van der Waals surface area contributed by atoms with Crippen molar-refractivity contribution in [3.63, 3.8) is 0 Å². The summed E-state index contributed by atoms with van der Waals surface area (Å²) in [5.74, 6) is 0.274. The molecule has 0 radical (unpaired) electrons. The first kappa shape index (κ1) is 12.7. The molecule has 0 bridgehead atoms. The monoisotopic (exact) mass is 247 g/mol. The van der Waals surface area contributed by atoms with E-state index in [1.165, 1.54) is 30.4 Å². The van der Waals surface area contributed by atoms with Gasteiger partial charge in [0, 0.05) is 18.2 Å². The number of aryl methyl sites for hydroxylation is 2. The Hall–Kier alpha value is -1.71. The second-order valence-electron chi connectivity index (χ2n) is 4.88. The van der Waals surface area contributed by atoms with Gasteiger partial charge in [0.2, 0.25) is 0 Å². The van der Waals surface area contributed by atoms with Crippen molar-refractivity contribution in [2.24, 2.45) is 10.9 Å². The molecule has 4 heteroatoms. The molecule has 0 spiro atoms. The third-order valence-corrected chi connectivity index (χ3v) is 3.55. The molecule has 0 amide bonds. The van der Waals surface area contributed by atoms with Crippen LogP contribution in [0.4, 0.5) is 5.69 Å². The zero-order valence-corrected chi connectivity index (χ0v) is 10.8. The predicted octanol–water partition coefficient (Wildman–Crippen LogP) is 2.50. The molecule has 1 aromatic rings. The first-order valence-electron chi connectivity index (χ1n) is 6.57. The average molecular weight is 247 g/mol. The zero-order chi connectivity index (χ0) is 13.0. The van der Waals surface area contributed by atoms with Gasteiger partial charge in [-0.3, -0.25) is 0 Å². The van der Waals surface area contributed by atoms with Gasteiger partial charge in [-0.1, -0.05) is 18.1 Å². The lowest BCUT2D eigenvalue weighted by Gasteiger charge is -2.18. The van der Waals surface area contributed by atoms with E-state index >= 15 is 0 Å². The summed E-state index contributed by atoms with van der Waals surface area (Å²) in [5, 5.41) is 15.1. The maximum absolute atomic E-state index is 8.61. The number of fused-ring (bicyclic) bond motifs is 1. The number of oxime groups is 1. The van der Waals surface area contributed by atoms with Gasteiger partial charge in [-0.2, -0.15) is 0 Å². The van der Waals surface area contributed by atoms with E-state index in [0.717, 1.165) is 12.1 Å². The summed E-state index contributed by atoms with van der Waals surface area (Å²) in [4.78, 5) is 0. The van der Waals surface area contributed by atoms with Crippen molar-refractivity contribution in [3.8, 4) is 0 Å². The quantitative estimate of drug-likeness (QED) is 0.324. The summed E-state index contributed by atoms with van der Waals surface area (Å²) >= 11 is 0. The molecule has 0 heterocycles. The largest absolute Gasteiger partial charge is 0.409 e. The fourth-order valence-electron chi connectivity index (χ4n) is 2.49. The molecule has 4 N–H and O–H groups in total. The van der Waals surface area contributed by atoms with Crippen LogP contribution in [0.1, 0.15) is 37.3 Å². The third-order valence-electron chi connectivity index (χ3n) is 3.55. The van der Waals surface area contributed by atoms with Gasteiger partial charge in [-0.25, -0.2) is 0 Å². The number of hydrogen-bond donors (Lipinski definition) is 3. The Morgan fingerprint density at radius 1 is 1.44 bits per heavy atom. The summed E-state index contributed by atoms with van der Waals surface area (Å²) in [7, 11) is 0. The minimum Gasteiger partial charge on any atom is -0.409 e. The van der Waals surface area contributed by atoms with Gasteiger partial charge in [0.15, 0.2) is 0 Å². The number of amidine groups is 1. The topological polar surface area (TPSA) is 70.6 Å². The Morgan fingerprint density at radius 2 is 2.22 bits per heavy atom. The smallest absolute Gasteiger partial charge is 0.141 e. The third kappa shape index (κ3) is 2.94. The first-order valence-corrected chi connectivity index (χ1v) is 6.57. The number of nitrogens with one attached hydrogen (secondary N) is 1. The van der Waals surface area contributed by atoms with Crippen LogP contribution in [0.3, 0.4) is 0 Å². The van der Waals surface area contributed by atoms with Crippen LogP contribution < -0.4 is 11.1 Å². The zero-order valence-electron chi connectivity index (χ0n) is 10.8. The molecule has 0 aromatic heterocycles.